The maximum atomic E-state index is 13.1. The molecule has 0 aromatic rings. The highest BCUT2D eigenvalue weighted by Crippen LogP contribution is 2.23. The smallest absolute Gasteiger partial charge is 0.220 e. The molecule has 0 radical (unpaired) electrons. The largest absolute Gasteiger partial charge is 0.394 e. The topological polar surface area (TPSA) is 149 Å². The summed E-state index contributed by atoms with van der Waals surface area (Å²) in [4.78, 5) is 13.1. The van der Waals surface area contributed by atoms with Gasteiger partial charge >= 0.3 is 0 Å². The number of allylic oxidation sites excluding steroid dienone is 5. The maximum Gasteiger partial charge on any atom is 0.220 e. The predicted octanol–water partition coefficient (Wildman–Crippen LogP) is 18.6. The predicted molar refractivity (Wildman–Crippen MR) is 337 cm³/mol. The molecule has 6 N–H and O–H groups in total. The molecule has 1 amide bonds. The van der Waals surface area contributed by atoms with E-state index < -0.39 is 49.5 Å². The van der Waals surface area contributed by atoms with E-state index in [1.165, 1.54) is 276 Å². The number of unbranched alkanes of at least 4 members (excludes halogenated alkanes) is 47. The lowest BCUT2D eigenvalue weighted by Gasteiger charge is -2.40. The highest BCUT2D eigenvalue weighted by molar-refractivity contribution is 5.76. The highest BCUT2D eigenvalue weighted by Gasteiger charge is 2.44. The quantitative estimate of drug-likeness (QED) is 0.0261. The molecule has 7 unspecified atom stereocenters. The second-order valence-corrected chi connectivity index (χ2v) is 24.3. The van der Waals surface area contributed by atoms with E-state index in [0.29, 0.717) is 6.42 Å². The Morgan fingerprint density at radius 1 is 0.418 bits per heavy atom. The van der Waals surface area contributed by atoms with Crippen LogP contribution in [0.25, 0.3) is 0 Å². The molecule has 1 aliphatic rings. The van der Waals surface area contributed by atoms with Gasteiger partial charge in [0.05, 0.1) is 25.4 Å². The molecule has 7 atom stereocenters. The summed E-state index contributed by atoms with van der Waals surface area (Å²) in [5, 5.41) is 54.5. The van der Waals surface area contributed by atoms with Gasteiger partial charge in [-0.25, -0.2) is 0 Å². The first-order valence-electron chi connectivity index (χ1n) is 34.7. The Balaban J connectivity index is 2.03. The maximum absolute atomic E-state index is 13.1. The molecule has 1 rings (SSSR count). The van der Waals surface area contributed by atoms with Crippen LogP contribution in [0.1, 0.15) is 348 Å². The second kappa shape index (κ2) is 59.6. The van der Waals surface area contributed by atoms with E-state index in [9.17, 15) is 30.3 Å². The molecule has 0 spiro atoms. The number of nitrogens with one attached hydrogen (secondary N) is 1. The van der Waals surface area contributed by atoms with Crippen molar-refractivity contribution in [1.29, 1.82) is 0 Å². The number of rotatable bonds is 61. The zero-order chi connectivity index (χ0) is 57.2. The van der Waals surface area contributed by atoms with E-state index in [0.717, 1.165) is 51.4 Å². The fourth-order valence-electron chi connectivity index (χ4n) is 11.3. The van der Waals surface area contributed by atoms with Crippen molar-refractivity contribution in [2.45, 2.75) is 391 Å². The molecule has 0 bridgehead atoms. The summed E-state index contributed by atoms with van der Waals surface area (Å²) in [7, 11) is 0. The van der Waals surface area contributed by atoms with Gasteiger partial charge in [-0.05, 0) is 44.9 Å². The first kappa shape index (κ1) is 75.4. The monoisotopic (exact) mass is 1120 g/mol. The summed E-state index contributed by atoms with van der Waals surface area (Å²) in [5.41, 5.74) is 0. The van der Waals surface area contributed by atoms with Gasteiger partial charge in [0.25, 0.3) is 0 Å². The second-order valence-electron chi connectivity index (χ2n) is 24.3. The van der Waals surface area contributed by atoms with E-state index in [1.807, 2.05) is 6.08 Å². The summed E-state index contributed by atoms with van der Waals surface area (Å²) in [5.74, 6) is -0.185. The number of hydrogen-bond donors (Lipinski definition) is 6. The number of ether oxygens (including phenoxy) is 2. The van der Waals surface area contributed by atoms with Gasteiger partial charge in [0.2, 0.25) is 5.91 Å². The highest BCUT2D eigenvalue weighted by atomic mass is 16.7. The normalized spacial score (nSPS) is 18.7. The Morgan fingerprint density at radius 3 is 1.06 bits per heavy atom. The first-order chi connectivity index (χ1) is 38.8. The lowest BCUT2D eigenvalue weighted by Crippen LogP contribution is -2.60. The minimum atomic E-state index is -1.57. The number of aliphatic hydroxyl groups excluding tert-OH is 5. The van der Waals surface area contributed by atoms with Gasteiger partial charge in [-0.15, -0.1) is 0 Å². The summed E-state index contributed by atoms with van der Waals surface area (Å²) < 4.78 is 11.3. The van der Waals surface area contributed by atoms with Crippen molar-refractivity contribution >= 4 is 5.91 Å². The summed E-state index contributed by atoms with van der Waals surface area (Å²) >= 11 is 0. The molecule has 79 heavy (non-hydrogen) atoms. The van der Waals surface area contributed by atoms with Crippen molar-refractivity contribution in [2.75, 3.05) is 13.2 Å². The third kappa shape index (κ3) is 48.5. The van der Waals surface area contributed by atoms with E-state index in [2.05, 4.69) is 43.5 Å². The summed E-state index contributed by atoms with van der Waals surface area (Å²) in [6.07, 6.45) is 72.8. The van der Waals surface area contributed by atoms with E-state index in [1.54, 1.807) is 6.08 Å². The van der Waals surface area contributed by atoms with Crippen molar-refractivity contribution in [3.05, 3.63) is 36.5 Å². The van der Waals surface area contributed by atoms with Gasteiger partial charge in [0, 0.05) is 6.42 Å². The minimum absolute atomic E-state index is 0.185. The lowest BCUT2D eigenvalue weighted by molar-refractivity contribution is -0.302. The van der Waals surface area contributed by atoms with Crippen LogP contribution < -0.4 is 5.32 Å². The van der Waals surface area contributed by atoms with Gasteiger partial charge in [0.1, 0.15) is 24.4 Å². The van der Waals surface area contributed by atoms with Crippen LogP contribution in [0.2, 0.25) is 0 Å². The third-order valence-corrected chi connectivity index (χ3v) is 16.7. The molecule has 1 saturated heterocycles. The van der Waals surface area contributed by atoms with Crippen LogP contribution in [0.3, 0.4) is 0 Å². The third-order valence-electron chi connectivity index (χ3n) is 16.7. The zero-order valence-electron chi connectivity index (χ0n) is 52.2. The fourth-order valence-corrected chi connectivity index (χ4v) is 11.3. The van der Waals surface area contributed by atoms with Gasteiger partial charge in [-0.2, -0.15) is 0 Å². The summed E-state index contributed by atoms with van der Waals surface area (Å²) in [6.45, 7) is 3.78. The van der Waals surface area contributed by atoms with Crippen LogP contribution >= 0.6 is 0 Å². The number of hydrogen-bond acceptors (Lipinski definition) is 8. The van der Waals surface area contributed by atoms with Crippen molar-refractivity contribution in [2.24, 2.45) is 0 Å². The van der Waals surface area contributed by atoms with Crippen molar-refractivity contribution in [1.82, 2.24) is 5.32 Å². The Hall–Kier alpha value is -1.59. The van der Waals surface area contributed by atoms with Crippen LogP contribution in [-0.4, -0.2) is 87.5 Å². The van der Waals surface area contributed by atoms with E-state index in [4.69, 9.17) is 9.47 Å². The number of amides is 1. The van der Waals surface area contributed by atoms with Gasteiger partial charge in [-0.3, -0.25) is 4.79 Å². The Morgan fingerprint density at radius 2 is 0.722 bits per heavy atom. The summed E-state index contributed by atoms with van der Waals surface area (Å²) in [6, 6.07) is -0.826. The first-order valence-corrected chi connectivity index (χ1v) is 34.7. The Bertz CT molecular complexity index is 1340. The van der Waals surface area contributed by atoms with Gasteiger partial charge in [-0.1, -0.05) is 333 Å². The molecule has 0 aromatic carbocycles. The van der Waals surface area contributed by atoms with Crippen LogP contribution in [0, 0.1) is 0 Å². The average molecular weight is 1120 g/mol. The standard InChI is InChI=1S/C70H133NO8/c1-3-5-7-9-11-13-15-17-19-21-22-23-24-25-26-27-28-29-30-31-32-33-34-35-36-37-38-39-40-41-42-43-44-46-48-50-52-54-56-58-60-66(74)71-63(62-78-70-69(77)68(76)67(75)65(61-72)79-70)64(73)59-57-55-53-51-49-47-45-20-18-16-14-12-10-8-6-4-2/h18,20,49,51,57,59,63-65,67-70,72-73,75-77H,3-17,19,21-48,50,52-56,58,60-62H2,1-2H3,(H,71,74)/b20-18+,51-49+,59-57+. The lowest BCUT2D eigenvalue weighted by atomic mass is 9.99. The van der Waals surface area contributed by atoms with Crippen LogP contribution in [-0.2, 0) is 14.3 Å². The number of carbonyl (C=O) groups is 1. The minimum Gasteiger partial charge on any atom is -0.394 e. The Labute approximate surface area is 489 Å². The molecule has 0 aliphatic carbocycles. The SMILES string of the molecule is CCCCCCCC/C=C/CC/C=C/CC/C=C/C(O)C(COC1OC(CO)C(O)C(O)C1O)NC(=O)CCCCCCCCCCCCCCCCCCCCCCCCCCCCCCCCCCCCCCCCCC. The van der Waals surface area contributed by atoms with Crippen molar-refractivity contribution in [3.63, 3.8) is 0 Å². The molecule has 466 valence electrons. The van der Waals surface area contributed by atoms with E-state index >= 15 is 0 Å². The number of aliphatic hydroxyl groups is 5. The van der Waals surface area contributed by atoms with Crippen LogP contribution in [0.5, 0.6) is 0 Å². The molecule has 1 fully saturated rings. The molecular formula is C70H133NO8. The van der Waals surface area contributed by atoms with Gasteiger partial charge in [0.15, 0.2) is 6.29 Å². The van der Waals surface area contributed by atoms with Crippen LogP contribution in [0.4, 0.5) is 0 Å². The molecule has 1 aliphatic heterocycles. The number of carbonyl (C=O) groups excluding carboxylic acids is 1. The Kier molecular flexibility index (Phi) is 56.9. The molecule has 9 heteroatoms. The van der Waals surface area contributed by atoms with Gasteiger partial charge < -0.3 is 40.3 Å². The van der Waals surface area contributed by atoms with E-state index in [-0.39, 0.29) is 12.5 Å². The molecule has 0 aromatic heterocycles. The average Bonchev–Trinajstić information content (AvgIpc) is 3.47. The van der Waals surface area contributed by atoms with Crippen molar-refractivity contribution < 1.29 is 39.8 Å². The fraction of sp³-hybridized carbons (Fsp3) is 0.900. The molecule has 0 saturated carbocycles. The van der Waals surface area contributed by atoms with Crippen molar-refractivity contribution in [3.8, 4) is 0 Å². The molecule has 1 heterocycles. The molecular weight excluding hydrogens is 983 g/mol. The van der Waals surface area contributed by atoms with Crippen LogP contribution in [0.15, 0.2) is 36.5 Å². The molecule has 9 nitrogen and oxygen atoms in total. The zero-order valence-corrected chi connectivity index (χ0v) is 52.2.